The van der Waals surface area contributed by atoms with E-state index < -0.39 is 0 Å². The number of ether oxygens (including phenoxy) is 1. The van der Waals surface area contributed by atoms with Gasteiger partial charge >= 0.3 is 0 Å². The first-order valence-electron chi connectivity index (χ1n) is 9.00. The lowest BCUT2D eigenvalue weighted by Gasteiger charge is -2.57. The fraction of sp³-hybridized carbons (Fsp3) is 0.524. The Balaban J connectivity index is 1.83. The Morgan fingerprint density at radius 1 is 1.12 bits per heavy atom. The van der Waals surface area contributed by atoms with Crippen LogP contribution in [0.3, 0.4) is 0 Å². The van der Waals surface area contributed by atoms with Crippen molar-refractivity contribution in [3.8, 4) is 23.6 Å². The first-order valence-corrected chi connectivity index (χ1v) is 9.00. The summed E-state index contributed by atoms with van der Waals surface area (Å²) in [4.78, 5) is 0. The number of allylic oxidation sites excluding steroid dienone is 1. The molecule has 0 spiro atoms. The van der Waals surface area contributed by atoms with Crippen LogP contribution < -0.4 is 4.74 Å². The molecule has 128 valence electrons. The molecule has 0 amide bonds. The van der Waals surface area contributed by atoms with Gasteiger partial charge < -0.3 is 9.84 Å². The Bertz CT molecular complexity index is 774. The predicted octanol–water partition coefficient (Wildman–Crippen LogP) is 4.30. The number of methoxy groups -OCH3 is 1. The largest absolute Gasteiger partial charge is 0.504 e. The van der Waals surface area contributed by atoms with E-state index in [-0.39, 0.29) is 16.7 Å². The highest BCUT2D eigenvalue weighted by atomic mass is 16.5. The first kappa shape index (κ1) is 16.0. The van der Waals surface area contributed by atoms with Crippen LogP contribution in [0.1, 0.15) is 49.7 Å². The number of nitriles is 2. The van der Waals surface area contributed by atoms with Gasteiger partial charge in [-0.3, -0.25) is 0 Å². The van der Waals surface area contributed by atoms with Gasteiger partial charge in [0, 0.05) is 5.56 Å². The number of benzene rings is 1. The van der Waals surface area contributed by atoms with Crippen molar-refractivity contribution in [1.29, 1.82) is 10.5 Å². The summed E-state index contributed by atoms with van der Waals surface area (Å²) in [6.45, 7) is 0. The van der Waals surface area contributed by atoms with E-state index in [0.29, 0.717) is 5.75 Å². The molecule has 4 heteroatoms. The second kappa shape index (κ2) is 5.81. The minimum absolute atomic E-state index is 0.0232. The number of rotatable bonds is 3. The Labute approximate surface area is 148 Å². The second-order valence-corrected chi connectivity index (χ2v) is 8.10. The summed E-state index contributed by atoms with van der Waals surface area (Å²) < 4.78 is 5.39. The molecule has 1 aromatic carbocycles. The quantitative estimate of drug-likeness (QED) is 0.836. The molecule has 5 rings (SSSR count). The molecule has 0 saturated heterocycles. The molecular weight excluding hydrogens is 312 g/mol. The number of phenols is 1. The average molecular weight is 334 g/mol. The van der Waals surface area contributed by atoms with E-state index >= 15 is 0 Å². The molecule has 0 heterocycles. The highest BCUT2D eigenvalue weighted by molar-refractivity contribution is 5.66. The molecule has 4 bridgehead atoms. The molecule has 1 aromatic rings. The van der Waals surface area contributed by atoms with E-state index in [2.05, 4.69) is 0 Å². The van der Waals surface area contributed by atoms with Crippen LogP contribution in [0, 0.1) is 40.4 Å². The van der Waals surface area contributed by atoms with Gasteiger partial charge in [-0.15, -0.1) is 0 Å². The topological polar surface area (TPSA) is 77.0 Å². The second-order valence-electron chi connectivity index (χ2n) is 8.10. The van der Waals surface area contributed by atoms with E-state index in [4.69, 9.17) is 15.3 Å². The van der Waals surface area contributed by atoms with Crippen molar-refractivity contribution in [1.82, 2.24) is 0 Å². The van der Waals surface area contributed by atoms with Gasteiger partial charge in [0.05, 0.1) is 7.11 Å². The molecule has 0 radical (unpaired) electrons. The van der Waals surface area contributed by atoms with Gasteiger partial charge in [0.2, 0.25) is 0 Å². The fourth-order valence-electron chi connectivity index (χ4n) is 5.97. The van der Waals surface area contributed by atoms with Crippen LogP contribution in [-0.4, -0.2) is 12.2 Å². The number of aromatic hydroxyl groups is 1. The van der Waals surface area contributed by atoms with E-state index in [9.17, 15) is 5.11 Å². The van der Waals surface area contributed by atoms with Crippen molar-refractivity contribution < 1.29 is 9.84 Å². The van der Waals surface area contributed by atoms with Crippen LogP contribution in [0.25, 0.3) is 6.08 Å². The van der Waals surface area contributed by atoms with E-state index in [1.165, 1.54) is 19.3 Å². The van der Waals surface area contributed by atoms with Crippen molar-refractivity contribution >= 4 is 6.08 Å². The summed E-state index contributed by atoms with van der Waals surface area (Å²) in [5.41, 5.74) is 1.78. The van der Waals surface area contributed by atoms with Crippen LogP contribution in [0.2, 0.25) is 0 Å². The Morgan fingerprint density at radius 3 is 2.16 bits per heavy atom. The summed E-state index contributed by atoms with van der Waals surface area (Å²) in [5.74, 6) is 2.96. The maximum absolute atomic E-state index is 10.8. The minimum Gasteiger partial charge on any atom is -0.504 e. The molecule has 0 aromatic heterocycles. The molecule has 0 aliphatic heterocycles. The average Bonchev–Trinajstić information content (AvgIpc) is 2.59. The fourth-order valence-corrected chi connectivity index (χ4v) is 5.97. The standard InChI is InChI=1S/C21H22N2O2/c1-25-19-7-13(2-17(11-22)12-23)6-18(20(19)24)21-8-14-3-15(9-21)5-16(4-14)10-21/h2,6-7,14-16,24H,3-5,8-10H2,1H3. The highest BCUT2D eigenvalue weighted by Crippen LogP contribution is 2.62. The van der Waals surface area contributed by atoms with Gasteiger partial charge in [-0.05, 0) is 85.5 Å². The van der Waals surface area contributed by atoms with Gasteiger partial charge in [0.25, 0.3) is 0 Å². The monoisotopic (exact) mass is 334 g/mol. The molecule has 4 nitrogen and oxygen atoms in total. The van der Waals surface area contributed by atoms with Gasteiger partial charge in [-0.2, -0.15) is 10.5 Å². The number of phenolic OH excluding ortho intramolecular Hbond substituents is 1. The SMILES string of the molecule is COc1cc(C=C(C#N)C#N)cc(C23CC4CC(CC(C4)C2)C3)c1O. The summed E-state index contributed by atoms with van der Waals surface area (Å²) in [5, 5.41) is 28.9. The zero-order chi connectivity index (χ0) is 17.6. The molecule has 1 N–H and O–H groups in total. The Hall–Kier alpha value is -2.46. The zero-order valence-corrected chi connectivity index (χ0v) is 14.5. The van der Waals surface area contributed by atoms with Crippen LogP contribution in [-0.2, 0) is 5.41 Å². The molecule has 0 unspecified atom stereocenters. The summed E-state index contributed by atoms with van der Waals surface area (Å²) in [6.07, 6.45) is 8.98. The Morgan fingerprint density at radius 2 is 1.68 bits per heavy atom. The lowest BCUT2D eigenvalue weighted by Crippen LogP contribution is -2.48. The first-order chi connectivity index (χ1) is 12.1. The maximum atomic E-state index is 10.8. The van der Waals surface area contributed by atoms with E-state index in [1.54, 1.807) is 19.3 Å². The predicted molar refractivity (Wildman–Crippen MR) is 93.7 cm³/mol. The number of nitrogens with zero attached hydrogens (tertiary/aromatic N) is 2. The smallest absolute Gasteiger partial charge is 0.161 e. The van der Waals surface area contributed by atoms with E-state index in [1.807, 2.05) is 18.2 Å². The lowest BCUT2D eigenvalue weighted by molar-refractivity contribution is -0.00627. The number of hydrogen-bond donors (Lipinski definition) is 1. The van der Waals surface area contributed by atoms with Gasteiger partial charge in [-0.1, -0.05) is 0 Å². The molecule has 4 aliphatic rings. The molecule has 4 saturated carbocycles. The zero-order valence-electron chi connectivity index (χ0n) is 14.5. The molecule has 4 aliphatic carbocycles. The van der Waals surface area contributed by atoms with Gasteiger partial charge in [-0.25, -0.2) is 0 Å². The summed E-state index contributed by atoms with van der Waals surface area (Å²) in [7, 11) is 1.54. The maximum Gasteiger partial charge on any atom is 0.161 e. The third kappa shape index (κ3) is 2.57. The van der Waals surface area contributed by atoms with Crippen LogP contribution in [0.4, 0.5) is 0 Å². The normalized spacial score (nSPS) is 31.9. The molecule has 4 fully saturated rings. The van der Waals surface area contributed by atoms with Crippen molar-refractivity contribution in [2.75, 3.05) is 7.11 Å². The highest BCUT2D eigenvalue weighted by Gasteiger charge is 2.52. The molecular formula is C21H22N2O2. The number of hydrogen-bond acceptors (Lipinski definition) is 4. The van der Waals surface area contributed by atoms with Gasteiger partial charge in [0.15, 0.2) is 11.5 Å². The van der Waals surface area contributed by atoms with E-state index in [0.717, 1.165) is 48.1 Å². The van der Waals surface area contributed by atoms with Crippen LogP contribution in [0.15, 0.2) is 17.7 Å². The van der Waals surface area contributed by atoms with Crippen LogP contribution in [0.5, 0.6) is 11.5 Å². The summed E-state index contributed by atoms with van der Waals surface area (Å²) >= 11 is 0. The van der Waals surface area contributed by atoms with Crippen molar-refractivity contribution in [3.63, 3.8) is 0 Å². The van der Waals surface area contributed by atoms with Gasteiger partial charge in [0.1, 0.15) is 17.7 Å². The third-order valence-electron chi connectivity index (χ3n) is 6.48. The molecule has 0 atom stereocenters. The summed E-state index contributed by atoms with van der Waals surface area (Å²) in [6, 6.07) is 7.48. The minimum atomic E-state index is 0.0232. The van der Waals surface area contributed by atoms with Crippen LogP contribution >= 0.6 is 0 Å². The van der Waals surface area contributed by atoms with Crippen molar-refractivity contribution in [3.05, 3.63) is 28.8 Å². The van der Waals surface area contributed by atoms with Crippen molar-refractivity contribution in [2.24, 2.45) is 17.8 Å². The Kier molecular flexibility index (Phi) is 3.73. The van der Waals surface area contributed by atoms with Crippen molar-refractivity contribution in [2.45, 2.75) is 43.9 Å². The third-order valence-corrected chi connectivity index (χ3v) is 6.48. The lowest BCUT2D eigenvalue weighted by atomic mass is 9.48. The molecule has 25 heavy (non-hydrogen) atoms.